The molecular formula is C14H14N2O5S. The van der Waals surface area contributed by atoms with Gasteiger partial charge >= 0.3 is 11.9 Å². The molecule has 1 aromatic carbocycles. The van der Waals surface area contributed by atoms with Crippen LogP contribution in [0.4, 0.5) is 0 Å². The average molecular weight is 322 g/mol. The first-order valence-electron chi connectivity index (χ1n) is 6.54. The third kappa shape index (κ3) is 3.64. The molecule has 116 valence electrons. The van der Waals surface area contributed by atoms with Crippen LogP contribution in [0.3, 0.4) is 0 Å². The topological polar surface area (TPSA) is 98.5 Å². The van der Waals surface area contributed by atoms with Crippen LogP contribution in [0.5, 0.6) is 0 Å². The molecule has 1 aromatic heterocycles. The molecule has 0 aliphatic rings. The summed E-state index contributed by atoms with van der Waals surface area (Å²) in [5.41, 5.74) is -0.0269. The second kappa shape index (κ2) is 7.08. The Bertz CT molecular complexity index is 771. The van der Waals surface area contributed by atoms with Crippen LogP contribution in [0, 0.1) is 0 Å². The van der Waals surface area contributed by atoms with Crippen molar-refractivity contribution in [3.05, 3.63) is 40.3 Å². The molecule has 0 bridgehead atoms. The lowest BCUT2D eigenvalue weighted by atomic mass is 10.1. The summed E-state index contributed by atoms with van der Waals surface area (Å²) in [6, 6.07) is 6.76. The Balaban J connectivity index is 2.48. The monoisotopic (exact) mass is 322 g/mol. The third-order valence-corrected chi connectivity index (χ3v) is 3.65. The molecule has 0 aliphatic carbocycles. The number of esters is 1. The first-order valence-corrected chi connectivity index (χ1v) is 7.48. The normalized spacial score (nSPS) is 10.6. The number of nitrogens with zero attached hydrogens (tertiary/aromatic N) is 2. The summed E-state index contributed by atoms with van der Waals surface area (Å²) in [7, 11) is 0. The van der Waals surface area contributed by atoms with E-state index in [-0.39, 0.29) is 18.8 Å². The number of aromatic nitrogens is 2. The highest BCUT2D eigenvalue weighted by molar-refractivity contribution is 7.98. The van der Waals surface area contributed by atoms with Gasteiger partial charge in [0.05, 0.1) is 24.1 Å². The van der Waals surface area contributed by atoms with Crippen LogP contribution in [-0.4, -0.2) is 38.6 Å². The average Bonchev–Trinajstić information content (AvgIpc) is 2.49. The van der Waals surface area contributed by atoms with Gasteiger partial charge in [-0.05, 0) is 24.9 Å². The van der Waals surface area contributed by atoms with Crippen molar-refractivity contribution in [1.82, 2.24) is 9.19 Å². The second-order valence-corrected chi connectivity index (χ2v) is 5.21. The fourth-order valence-electron chi connectivity index (χ4n) is 1.92. The van der Waals surface area contributed by atoms with Crippen molar-refractivity contribution in [2.24, 2.45) is 0 Å². The Kier molecular flexibility index (Phi) is 5.16. The van der Waals surface area contributed by atoms with Crippen molar-refractivity contribution in [3.63, 3.8) is 0 Å². The van der Waals surface area contributed by atoms with Crippen molar-refractivity contribution in [3.8, 4) is 0 Å². The van der Waals surface area contributed by atoms with Crippen molar-refractivity contribution in [2.45, 2.75) is 13.3 Å². The molecule has 7 nitrogen and oxygen atoms in total. The number of rotatable bonds is 6. The van der Waals surface area contributed by atoms with E-state index in [2.05, 4.69) is 5.10 Å². The van der Waals surface area contributed by atoms with E-state index in [0.29, 0.717) is 16.5 Å². The van der Waals surface area contributed by atoms with Crippen LogP contribution in [0.1, 0.15) is 12.6 Å². The van der Waals surface area contributed by atoms with Gasteiger partial charge in [0, 0.05) is 5.39 Å². The molecule has 0 radical (unpaired) electrons. The number of ether oxygens (including phenoxy) is 1. The molecule has 2 rings (SSSR count). The Morgan fingerprint density at radius 3 is 2.64 bits per heavy atom. The Labute approximate surface area is 130 Å². The van der Waals surface area contributed by atoms with E-state index in [1.54, 1.807) is 31.2 Å². The number of carbonyl (C=O) groups excluding carboxylic acids is 1. The molecule has 0 aliphatic heterocycles. The van der Waals surface area contributed by atoms with E-state index < -0.39 is 17.5 Å². The summed E-state index contributed by atoms with van der Waals surface area (Å²) in [6.45, 7) is 1.96. The Hall–Kier alpha value is -2.35. The summed E-state index contributed by atoms with van der Waals surface area (Å²) < 4.78 is 5.90. The predicted octanol–water partition coefficient (Wildman–Crippen LogP) is 1.08. The maximum Gasteiger partial charge on any atom is 0.315 e. The number of carboxylic acid groups (broad SMARTS) is 1. The highest BCUT2D eigenvalue weighted by Crippen LogP contribution is 2.16. The van der Waals surface area contributed by atoms with Crippen LogP contribution in [0.2, 0.25) is 0 Å². The van der Waals surface area contributed by atoms with Gasteiger partial charge in [-0.3, -0.25) is 14.4 Å². The number of carboxylic acids is 1. The molecule has 0 saturated heterocycles. The van der Waals surface area contributed by atoms with Gasteiger partial charge < -0.3 is 9.84 Å². The molecule has 0 fully saturated rings. The second-order valence-electron chi connectivity index (χ2n) is 4.32. The maximum absolute atomic E-state index is 12.3. The standard InChI is InChI=1S/C14H14N2O5S/c1-2-21-13(19)7-11-9-5-3-4-6-10(9)14(20)16(15-11)22-8-12(17)18/h3-6H,2,7-8H2,1H3,(H,17,18). The Morgan fingerprint density at radius 2 is 2.00 bits per heavy atom. The highest BCUT2D eigenvalue weighted by Gasteiger charge is 2.15. The van der Waals surface area contributed by atoms with Crippen LogP contribution in [0.25, 0.3) is 10.8 Å². The summed E-state index contributed by atoms with van der Waals surface area (Å²) in [5, 5.41) is 13.8. The zero-order valence-electron chi connectivity index (χ0n) is 11.8. The Morgan fingerprint density at radius 1 is 1.32 bits per heavy atom. The fourth-order valence-corrected chi connectivity index (χ4v) is 2.52. The number of fused-ring (bicyclic) bond motifs is 1. The summed E-state index contributed by atoms with van der Waals surface area (Å²) >= 11 is 0.766. The smallest absolute Gasteiger partial charge is 0.315 e. The lowest BCUT2D eigenvalue weighted by molar-refractivity contribution is -0.142. The lowest BCUT2D eigenvalue weighted by Gasteiger charge is -2.09. The molecule has 1 N–H and O–H groups in total. The number of benzene rings is 1. The molecular weight excluding hydrogens is 308 g/mol. The van der Waals surface area contributed by atoms with Crippen LogP contribution in [-0.2, 0) is 20.7 Å². The van der Waals surface area contributed by atoms with Gasteiger partial charge in [-0.2, -0.15) is 9.19 Å². The number of carbonyl (C=O) groups is 2. The molecule has 2 aromatic rings. The van der Waals surface area contributed by atoms with Gasteiger partial charge in [0.25, 0.3) is 5.56 Å². The maximum atomic E-state index is 12.3. The third-order valence-electron chi connectivity index (χ3n) is 2.78. The minimum absolute atomic E-state index is 0.0811. The molecule has 0 saturated carbocycles. The van der Waals surface area contributed by atoms with Crippen molar-refractivity contribution in [1.29, 1.82) is 0 Å². The van der Waals surface area contributed by atoms with E-state index in [4.69, 9.17) is 9.84 Å². The van der Waals surface area contributed by atoms with Gasteiger partial charge in [0.1, 0.15) is 5.75 Å². The molecule has 1 heterocycles. The minimum atomic E-state index is -1.06. The first-order chi connectivity index (χ1) is 10.5. The van der Waals surface area contributed by atoms with E-state index >= 15 is 0 Å². The highest BCUT2D eigenvalue weighted by atomic mass is 32.2. The number of hydrogen-bond acceptors (Lipinski definition) is 6. The molecule has 0 unspecified atom stereocenters. The van der Waals surface area contributed by atoms with Crippen LogP contribution in [0.15, 0.2) is 29.1 Å². The molecule has 0 amide bonds. The van der Waals surface area contributed by atoms with Gasteiger partial charge in [0.2, 0.25) is 0 Å². The summed E-state index contributed by atoms with van der Waals surface area (Å²) in [5.74, 6) is -1.81. The lowest BCUT2D eigenvalue weighted by Crippen LogP contribution is -2.23. The largest absolute Gasteiger partial charge is 0.481 e. The van der Waals surface area contributed by atoms with Crippen LogP contribution >= 0.6 is 11.9 Å². The van der Waals surface area contributed by atoms with Gasteiger partial charge in [-0.25, -0.2) is 0 Å². The minimum Gasteiger partial charge on any atom is -0.481 e. The van der Waals surface area contributed by atoms with E-state index in [1.165, 1.54) is 0 Å². The number of hydrogen-bond donors (Lipinski definition) is 1. The van der Waals surface area contributed by atoms with E-state index in [0.717, 1.165) is 16.0 Å². The zero-order valence-corrected chi connectivity index (χ0v) is 12.6. The molecule has 22 heavy (non-hydrogen) atoms. The zero-order chi connectivity index (χ0) is 16.1. The summed E-state index contributed by atoms with van der Waals surface area (Å²) in [4.78, 5) is 34.6. The number of aliphatic carboxylic acids is 1. The van der Waals surface area contributed by atoms with E-state index in [1.807, 2.05) is 0 Å². The summed E-state index contributed by atoms with van der Waals surface area (Å²) in [6.07, 6.45) is -0.0811. The van der Waals surface area contributed by atoms with Crippen molar-refractivity contribution >= 4 is 34.7 Å². The fraction of sp³-hybridized carbons (Fsp3) is 0.286. The molecule has 0 atom stereocenters. The first kappa shape index (κ1) is 16.0. The van der Waals surface area contributed by atoms with Gasteiger partial charge in [-0.15, -0.1) is 0 Å². The van der Waals surface area contributed by atoms with Gasteiger partial charge in [-0.1, -0.05) is 18.2 Å². The predicted molar refractivity (Wildman–Crippen MR) is 81.8 cm³/mol. The SMILES string of the molecule is CCOC(=O)Cc1nn(SCC(=O)O)c(=O)c2ccccc12. The molecule has 8 heteroatoms. The van der Waals surface area contributed by atoms with E-state index in [9.17, 15) is 14.4 Å². The molecule has 0 spiro atoms. The van der Waals surface area contributed by atoms with Gasteiger partial charge in [0.15, 0.2) is 0 Å². The van der Waals surface area contributed by atoms with Crippen LogP contribution < -0.4 is 5.56 Å². The van der Waals surface area contributed by atoms with Crippen molar-refractivity contribution in [2.75, 3.05) is 12.4 Å². The van der Waals surface area contributed by atoms with Crippen molar-refractivity contribution < 1.29 is 19.4 Å². The quantitative estimate of drug-likeness (QED) is 0.795.